The third kappa shape index (κ3) is 3.34. The molecule has 1 saturated carbocycles. The van der Waals surface area contributed by atoms with E-state index in [2.05, 4.69) is 36.1 Å². The summed E-state index contributed by atoms with van der Waals surface area (Å²) in [6.45, 7) is 6.31. The highest BCUT2D eigenvalue weighted by atomic mass is 15.1. The molecule has 0 saturated heterocycles. The molecule has 0 amide bonds. The van der Waals surface area contributed by atoms with E-state index < -0.39 is 0 Å². The molecule has 4 nitrogen and oxygen atoms in total. The zero-order valence-electron chi connectivity index (χ0n) is 11.7. The van der Waals surface area contributed by atoms with Crippen molar-refractivity contribution in [2.45, 2.75) is 64.3 Å². The topological polar surface area (TPSA) is 63.8 Å². The molecule has 0 atom stereocenters. The van der Waals surface area contributed by atoms with E-state index in [0.717, 1.165) is 11.6 Å². The molecule has 0 radical (unpaired) electrons. The molecule has 1 fully saturated rings. The molecule has 100 valence electrons. The van der Waals surface area contributed by atoms with Crippen LogP contribution in [0.1, 0.15) is 58.7 Å². The number of nitrogens with two attached hydrogens (primary N) is 1. The van der Waals surface area contributed by atoms with E-state index in [0.29, 0.717) is 11.9 Å². The SMILES string of the molecule is CC(C)(C)c1nc(N)cc(NC2CCCCC2)n1. The predicted octanol–water partition coefficient (Wildman–Crippen LogP) is 3.10. The molecule has 1 aromatic rings. The predicted molar refractivity (Wildman–Crippen MR) is 75.6 cm³/mol. The van der Waals surface area contributed by atoms with E-state index in [-0.39, 0.29) is 5.41 Å². The summed E-state index contributed by atoms with van der Waals surface area (Å²) >= 11 is 0. The zero-order valence-corrected chi connectivity index (χ0v) is 11.7. The normalized spacial score (nSPS) is 17.7. The van der Waals surface area contributed by atoms with Crippen molar-refractivity contribution in [3.05, 3.63) is 11.9 Å². The number of aromatic nitrogens is 2. The van der Waals surface area contributed by atoms with Crippen LogP contribution in [0.4, 0.5) is 11.6 Å². The summed E-state index contributed by atoms with van der Waals surface area (Å²) in [5.41, 5.74) is 5.80. The molecule has 0 spiro atoms. The Morgan fingerprint density at radius 3 is 2.44 bits per heavy atom. The van der Waals surface area contributed by atoms with Crippen LogP contribution in [-0.4, -0.2) is 16.0 Å². The Morgan fingerprint density at radius 2 is 1.83 bits per heavy atom. The van der Waals surface area contributed by atoms with Crippen molar-refractivity contribution >= 4 is 11.6 Å². The molecule has 0 bridgehead atoms. The first-order valence-electron chi connectivity index (χ1n) is 6.87. The first-order chi connectivity index (χ1) is 8.45. The second-order valence-electron chi connectivity index (χ2n) is 6.23. The molecule has 1 heterocycles. The van der Waals surface area contributed by atoms with Gasteiger partial charge in [0.15, 0.2) is 0 Å². The van der Waals surface area contributed by atoms with Crippen LogP contribution in [0.2, 0.25) is 0 Å². The number of hydrogen-bond donors (Lipinski definition) is 2. The van der Waals surface area contributed by atoms with Crippen molar-refractivity contribution in [1.29, 1.82) is 0 Å². The van der Waals surface area contributed by atoms with Gasteiger partial charge >= 0.3 is 0 Å². The minimum Gasteiger partial charge on any atom is -0.384 e. The lowest BCUT2D eigenvalue weighted by Crippen LogP contribution is -2.24. The maximum absolute atomic E-state index is 5.87. The van der Waals surface area contributed by atoms with Gasteiger partial charge in [0, 0.05) is 17.5 Å². The smallest absolute Gasteiger partial charge is 0.138 e. The summed E-state index contributed by atoms with van der Waals surface area (Å²) in [5.74, 6) is 2.23. The van der Waals surface area contributed by atoms with Gasteiger partial charge in [-0.15, -0.1) is 0 Å². The summed E-state index contributed by atoms with van der Waals surface area (Å²) in [5, 5.41) is 3.50. The quantitative estimate of drug-likeness (QED) is 0.844. The van der Waals surface area contributed by atoms with E-state index in [1.54, 1.807) is 0 Å². The fourth-order valence-electron chi connectivity index (χ4n) is 2.33. The van der Waals surface area contributed by atoms with Crippen molar-refractivity contribution in [2.75, 3.05) is 11.1 Å². The zero-order chi connectivity index (χ0) is 13.2. The maximum atomic E-state index is 5.87. The maximum Gasteiger partial charge on any atom is 0.138 e. The van der Waals surface area contributed by atoms with Crippen LogP contribution >= 0.6 is 0 Å². The third-order valence-corrected chi connectivity index (χ3v) is 3.37. The highest BCUT2D eigenvalue weighted by Crippen LogP contribution is 2.24. The molecule has 2 rings (SSSR count). The lowest BCUT2D eigenvalue weighted by Gasteiger charge is -2.24. The number of nitrogen functional groups attached to an aromatic ring is 1. The van der Waals surface area contributed by atoms with Gasteiger partial charge in [-0.25, -0.2) is 9.97 Å². The Kier molecular flexibility index (Phi) is 3.73. The van der Waals surface area contributed by atoms with Crippen LogP contribution in [0.15, 0.2) is 6.07 Å². The molecule has 0 aromatic carbocycles. The van der Waals surface area contributed by atoms with Crippen LogP contribution in [0, 0.1) is 0 Å². The van der Waals surface area contributed by atoms with E-state index in [4.69, 9.17) is 5.73 Å². The van der Waals surface area contributed by atoms with Crippen LogP contribution in [-0.2, 0) is 5.41 Å². The van der Waals surface area contributed by atoms with Crippen LogP contribution in [0.25, 0.3) is 0 Å². The van der Waals surface area contributed by atoms with Gasteiger partial charge in [-0.3, -0.25) is 0 Å². The third-order valence-electron chi connectivity index (χ3n) is 3.37. The monoisotopic (exact) mass is 248 g/mol. The Bertz CT molecular complexity index is 403. The summed E-state index contributed by atoms with van der Waals surface area (Å²) < 4.78 is 0. The Labute approximate surface area is 109 Å². The second kappa shape index (κ2) is 5.12. The van der Waals surface area contributed by atoms with E-state index in [1.165, 1.54) is 32.1 Å². The van der Waals surface area contributed by atoms with E-state index >= 15 is 0 Å². The summed E-state index contributed by atoms with van der Waals surface area (Å²) in [4.78, 5) is 8.92. The molecule has 0 aliphatic heterocycles. The van der Waals surface area contributed by atoms with Crippen molar-refractivity contribution in [3.63, 3.8) is 0 Å². The molecular weight excluding hydrogens is 224 g/mol. The van der Waals surface area contributed by atoms with Crippen molar-refractivity contribution in [1.82, 2.24) is 9.97 Å². The van der Waals surface area contributed by atoms with Gasteiger partial charge < -0.3 is 11.1 Å². The Balaban J connectivity index is 2.14. The number of hydrogen-bond acceptors (Lipinski definition) is 4. The summed E-state index contributed by atoms with van der Waals surface area (Å²) in [6.07, 6.45) is 6.44. The van der Waals surface area contributed by atoms with E-state index in [1.807, 2.05) is 6.07 Å². The number of nitrogens with zero attached hydrogens (tertiary/aromatic N) is 2. The molecule has 1 aromatic heterocycles. The van der Waals surface area contributed by atoms with Gasteiger partial charge in [0.2, 0.25) is 0 Å². The highest BCUT2D eigenvalue weighted by Gasteiger charge is 2.20. The van der Waals surface area contributed by atoms with Crippen LogP contribution in [0.5, 0.6) is 0 Å². The van der Waals surface area contributed by atoms with E-state index in [9.17, 15) is 0 Å². The first-order valence-corrected chi connectivity index (χ1v) is 6.87. The lowest BCUT2D eigenvalue weighted by molar-refractivity contribution is 0.461. The molecule has 1 aliphatic carbocycles. The van der Waals surface area contributed by atoms with Gasteiger partial charge in [0.25, 0.3) is 0 Å². The van der Waals surface area contributed by atoms with Gasteiger partial charge in [-0.2, -0.15) is 0 Å². The Morgan fingerprint density at radius 1 is 1.17 bits per heavy atom. The number of anilines is 2. The average molecular weight is 248 g/mol. The lowest BCUT2D eigenvalue weighted by atomic mass is 9.95. The second-order valence-corrected chi connectivity index (χ2v) is 6.23. The van der Waals surface area contributed by atoms with Crippen molar-refractivity contribution in [3.8, 4) is 0 Å². The Hall–Kier alpha value is -1.32. The fraction of sp³-hybridized carbons (Fsp3) is 0.714. The first kappa shape index (κ1) is 13.1. The van der Waals surface area contributed by atoms with Gasteiger partial charge in [-0.1, -0.05) is 40.0 Å². The van der Waals surface area contributed by atoms with Crippen LogP contribution in [0.3, 0.4) is 0 Å². The van der Waals surface area contributed by atoms with Gasteiger partial charge in [0.1, 0.15) is 17.5 Å². The average Bonchev–Trinajstić information content (AvgIpc) is 2.28. The fourth-order valence-corrected chi connectivity index (χ4v) is 2.33. The standard InChI is InChI=1S/C14H24N4/c1-14(2,3)13-17-11(15)9-12(18-13)16-10-7-5-4-6-8-10/h9-10H,4-8H2,1-3H3,(H3,15,16,17,18). The molecular formula is C14H24N4. The minimum absolute atomic E-state index is 0.0711. The van der Waals surface area contributed by atoms with Gasteiger partial charge in [0.05, 0.1) is 0 Å². The van der Waals surface area contributed by atoms with Crippen LogP contribution < -0.4 is 11.1 Å². The molecule has 18 heavy (non-hydrogen) atoms. The van der Waals surface area contributed by atoms with Crippen molar-refractivity contribution in [2.24, 2.45) is 0 Å². The molecule has 0 unspecified atom stereocenters. The molecule has 3 N–H and O–H groups in total. The van der Waals surface area contributed by atoms with Crippen molar-refractivity contribution < 1.29 is 0 Å². The molecule has 4 heteroatoms. The molecule has 1 aliphatic rings. The largest absolute Gasteiger partial charge is 0.384 e. The number of nitrogens with one attached hydrogen (secondary N) is 1. The number of rotatable bonds is 2. The minimum atomic E-state index is -0.0711. The summed E-state index contributed by atoms with van der Waals surface area (Å²) in [7, 11) is 0. The summed E-state index contributed by atoms with van der Waals surface area (Å²) in [6, 6.07) is 2.38. The van der Waals surface area contributed by atoms with Gasteiger partial charge in [-0.05, 0) is 12.8 Å². The highest BCUT2D eigenvalue weighted by molar-refractivity contribution is 5.46.